The summed E-state index contributed by atoms with van der Waals surface area (Å²) in [4.78, 5) is 2.45. The zero-order valence-corrected chi connectivity index (χ0v) is 23.7. The number of hydrogen-bond acceptors (Lipinski definition) is 2. The summed E-state index contributed by atoms with van der Waals surface area (Å²) in [7, 11) is 0. The lowest BCUT2D eigenvalue weighted by Crippen LogP contribution is -2.11. The molecule has 1 aromatic heterocycles. The van der Waals surface area contributed by atoms with E-state index in [4.69, 9.17) is 0 Å². The summed E-state index contributed by atoms with van der Waals surface area (Å²) in [5.41, 5.74) is 5.79. The molecule has 1 heterocycles. The predicted octanol–water partition coefficient (Wildman–Crippen LogP) is 12.0. The normalized spacial score (nSPS) is 12.2. The molecule has 0 aliphatic carbocycles. The molecule has 6 aromatic carbocycles. The monoisotopic (exact) mass is 543 g/mol. The van der Waals surface area contributed by atoms with Crippen LogP contribution in [0.3, 0.4) is 0 Å². The van der Waals surface area contributed by atoms with Gasteiger partial charge in [-0.25, -0.2) is 0 Å². The third kappa shape index (κ3) is 4.34. The zero-order chi connectivity index (χ0) is 27.8. The summed E-state index contributed by atoms with van der Waals surface area (Å²) in [6, 6.07) is 44.2. The lowest BCUT2D eigenvalue weighted by molar-refractivity contribution is 1.32. The second-order valence-electron chi connectivity index (χ2n) is 10.2. The molecular weight excluding hydrogens is 515 g/mol. The lowest BCUT2D eigenvalue weighted by Gasteiger charge is -2.28. The van der Waals surface area contributed by atoms with E-state index in [0.29, 0.717) is 0 Å². The summed E-state index contributed by atoms with van der Waals surface area (Å²) in [6.45, 7) is 5.96. The van der Waals surface area contributed by atoms with Crippen LogP contribution in [0.2, 0.25) is 0 Å². The molecule has 0 aliphatic heterocycles. The zero-order valence-electron chi connectivity index (χ0n) is 22.9. The highest BCUT2D eigenvalue weighted by atomic mass is 32.1. The van der Waals surface area contributed by atoms with Crippen LogP contribution in [-0.2, 0) is 0 Å². The fourth-order valence-corrected chi connectivity index (χ4v) is 7.10. The van der Waals surface area contributed by atoms with Gasteiger partial charge in [-0.2, -0.15) is 0 Å². The first kappa shape index (κ1) is 25.1. The molecular formula is C39H29NS. The van der Waals surface area contributed by atoms with Crippen LogP contribution in [-0.4, -0.2) is 0 Å². The van der Waals surface area contributed by atoms with Gasteiger partial charge < -0.3 is 4.90 Å². The van der Waals surface area contributed by atoms with Crippen LogP contribution in [0, 0.1) is 0 Å². The molecule has 7 rings (SSSR count). The van der Waals surface area contributed by atoms with E-state index in [1.165, 1.54) is 53.1 Å². The first-order valence-corrected chi connectivity index (χ1v) is 14.7. The fraction of sp³-hybridized carbons (Fsp3) is 0.0256. The molecule has 0 bridgehead atoms. The number of rotatable bonds is 6. The van der Waals surface area contributed by atoms with Gasteiger partial charge in [-0.05, 0) is 64.6 Å². The van der Waals surface area contributed by atoms with Gasteiger partial charge in [0.2, 0.25) is 0 Å². The highest BCUT2D eigenvalue weighted by Gasteiger charge is 2.21. The Labute approximate surface area is 244 Å². The van der Waals surface area contributed by atoms with Gasteiger partial charge in [0.05, 0.1) is 16.1 Å². The molecule has 0 spiro atoms. The summed E-state index contributed by atoms with van der Waals surface area (Å²) in [5.74, 6) is 0. The smallest absolute Gasteiger partial charge is 0.0640 e. The Balaban J connectivity index is 1.53. The molecule has 0 saturated carbocycles. The molecule has 0 radical (unpaired) electrons. The van der Waals surface area contributed by atoms with Gasteiger partial charge in [0.25, 0.3) is 0 Å². The van der Waals surface area contributed by atoms with Crippen molar-refractivity contribution in [2.75, 3.05) is 4.90 Å². The minimum atomic E-state index is 1.12. The maximum atomic E-state index is 3.92. The third-order valence-electron chi connectivity index (χ3n) is 7.71. The van der Waals surface area contributed by atoms with Crippen molar-refractivity contribution in [3.05, 3.63) is 158 Å². The van der Waals surface area contributed by atoms with E-state index in [0.717, 1.165) is 16.8 Å². The van der Waals surface area contributed by atoms with Crippen molar-refractivity contribution < 1.29 is 0 Å². The van der Waals surface area contributed by atoms with Crippen molar-refractivity contribution in [3.63, 3.8) is 0 Å². The Kier molecular flexibility index (Phi) is 6.47. The number of nitrogens with zero attached hydrogens (tertiary/aromatic N) is 1. The molecule has 2 heteroatoms. The van der Waals surface area contributed by atoms with Crippen molar-refractivity contribution in [3.8, 4) is 0 Å². The Morgan fingerprint density at radius 3 is 2.12 bits per heavy atom. The number of fused-ring (bicyclic) bond motifs is 6. The molecule has 0 N–H and O–H groups in total. The fourth-order valence-electron chi connectivity index (χ4n) is 5.89. The maximum Gasteiger partial charge on any atom is 0.0640 e. The largest absolute Gasteiger partial charge is 0.308 e. The first-order chi connectivity index (χ1) is 20.3. The molecule has 1 nitrogen and oxygen atoms in total. The van der Waals surface area contributed by atoms with E-state index in [-0.39, 0.29) is 0 Å². The van der Waals surface area contributed by atoms with Gasteiger partial charge in [0.1, 0.15) is 0 Å². The van der Waals surface area contributed by atoms with E-state index in [1.54, 1.807) is 0 Å². The number of thiophene rings is 1. The molecule has 0 aliphatic rings. The topological polar surface area (TPSA) is 3.24 Å². The second kappa shape index (κ2) is 10.6. The Hall–Kier alpha value is -4.92. The van der Waals surface area contributed by atoms with Crippen molar-refractivity contribution in [2.24, 2.45) is 0 Å². The van der Waals surface area contributed by atoms with Gasteiger partial charge >= 0.3 is 0 Å². The van der Waals surface area contributed by atoms with Crippen molar-refractivity contribution in [1.29, 1.82) is 0 Å². The molecule has 41 heavy (non-hydrogen) atoms. The van der Waals surface area contributed by atoms with Crippen LogP contribution in [0.5, 0.6) is 0 Å². The van der Waals surface area contributed by atoms with Crippen molar-refractivity contribution in [2.45, 2.75) is 6.92 Å². The highest BCUT2D eigenvalue weighted by Crippen LogP contribution is 2.47. The summed E-state index contributed by atoms with van der Waals surface area (Å²) >= 11 is 1.87. The summed E-state index contributed by atoms with van der Waals surface area (Å²) in [6.07, 6.45) is 8.10. The average molecular weight is 544 g/mol. The van der Waals surface area contributed by atoms with Gasteiger partial charge in [-0.15, -0.1) is 11.3 Å². The number of benzene rings is 6. The molecule has 196 valence electrons. The molecule has 0 unspecified atom stereocenters. The lowest BCUT2D eigenvalue weighted by atomic mass is 9.98. The average Bonchev–Trinajstić information content (AvgIpc) is 3.41. The van der Waals surface area contributed by atoms with Gasteiger partial charge in [0.15, 0.2) is 0 Å². The Bertz CT molecular complexity index is 2130. The minimum Gasteiger partial charge on any atom is -0.308 e. The number of anilines is 3. The van der Waals surface area contributed by atoms with E-state index in [2.05, 4.69) is 151 Å². The predicted molar refractivity (Wildman–Crippen MR) is 182 cm³/mol. The first-order valence-electron chi connectivity index (χ1n) is 13.9. The molecule has 0 amide bonds. The molecule has 0 fully saturated rings. The van der Waals surface area contributed by atoms with Crippen LogP contribution in [0.4, 0.5) is 17.1 Å². The van der Waals surface area contributed by atoms with Crippen LogP contribution in [0.25, 0.3) is 47.3 Å². The summed E-state index contributed by atoms with van der Waals surface area (Å²) in [5, 5.41) is 7.59. The van der Waals surface area contributed by atoms with Crippen LogP contribution in [0.1, 0.15) is 12.5 Å². The van der Waals surface area contributed by atoms with Crippen LogP contribution in [0.15, 0.2) is 152 Å². The molecule has 0 saturated heterocycles. The maximum absolute atomic E-state index is 3.92. The second-order valence-corrected chi connectivity index (χ2v) is 11.2. The van der Waals surface area contributed by atoms with E-state index in [1.807, 2.05) is 24.3 Å². The molecule has 0 atom stereocenters. The number of hydrogen-bond donors (Lipinski definition) is 0. The Morgan fingerprint density at radius 1 is 0.659 bits per heavy atom. The van der Waals surface area contributed by atoms with Crippen LogP contribution < -0.4 is 4.90 Å². The highest BCUT2D eigenvalue weighted by molar-refractivity contribution is 7.26. The third-order valence-corrected chi connectivity index (χ3v) is 8.92. The van der Waals surface area contributed by atoms with Crippen LogP contribution >= 0.6 is 11.3 Å². The van der Waals surface area contributed by atoms with Gasteiger partial charge in [-0.1, -0.05) is 122 Å². The minimum absolute atomic E-state index is 1.12. The quantitative estimate of drug-likeness (QED) is 0.149. The number of allylic oxidation sites excluding steroid dienone is 5. The summed E-state index contributed by atoms with van der Waals surface area (Å²) < 4.78 is 2.59. The van der Waals surface area contributed by atoms with Crippen molar-refractivity contribution >= 4 is 75.7 Å². The van der Waals surface area contributed by atoms with Gasteiger partial charge in [0, 0.05) is 26.5 Å². The Morgan fingerprint density at radius 2 is 1.34 bits per heavy atom. The van der Waals surface area contributed by atoms with E-state index < -0.39 is 0 Å². The van der Waals surface area contributed by atoms with Crippen molar-refractivity contribution in [1.82, 2.24) is 0 Å². The van der Waals surface area contributed by atoms with E-state index in [9.17, 15) is 0 Å². The molecule has 7 aromatic rings. The van der Waals surface area contributed by atoms with E-state index >= 15 is 0 Å². The SMILES string of the molecule is C=C/C=C(\C=C/C)c1ccc(N(c2cc3ccccc3c3ccccc23)c2cccc3c2sc2ccccc23)cc1. The standard InChI is InChI=1S/C39H29NS/c1-3-12-27(13-4-2)28-22-24-30(25-23-28)40(36-20-11-19-35-34-18-9-10-21-38(34)41-39(35)36)37-26-29-14-5-6-15-31(29)32-16-7-8-17-33(32)37/h3-26H,1H2,2H3/b13-4-,27-12+. The van der Waals surface area contributed by atoms with Gasteiger partial charge in [-0.3, -0.25) is 0 Å².